The first kappa shape index (κ1) is 14.8. The molecule has 2 heterocycles. The second-order valence-corrected chi connectivity index (χ2v) is 6.02. The molecule has 2 aromatic rings. The quantitative estimate of drug-likeness (QED) is 0.943. The van der Waals surface area contributed by atoms with Gasteiger partial charge in [-0.1, -0.05) is 6.07 Å². The lowest BCUT2D eigenvalue weighted by molar-refractivity contribution is 0.0697. The Morgan fingerprint density at radius 2 is 2.05 bits per heavy atom. The molecule has 116 valence electrons. The number of rotatable bonds is 3. The van der Waals surface area contributed by atoms with Crippen molar-refractivity contribution in [2.45, 2.75) is 18.9 Å². The number of anilines is 1. The average molecular weight is 299 g/mol. The molecule has 0 saturated carbocycles. The van der Waals surface area contributed by atoms with Crippen LogP contribution in [0.25, 0.3) is 10.8 Å². The van der Waals surface area contributed by atoms with Crippen LogP contribution in [0.4, 0.5) is 5.82 Å². The van der Waals surface area contributed by atoms with Gasteiger partial charge in [-0.05, 0) is 56.6 Å². The SMILES string of the molecule is CN1CCC(N(C)c2nccc3ccc(C(=O)O)cc23)CC1. The molecular formula is C17H21N3O2. The molecule has 0 unspecified atom stereocenters. The molecule has 0 amide bonds. The molecule has 5 heteroatoms. The maximum Gasteiger partial charge on any atom is 0.335 e. The Bertz CT molecular complexity index is 693. The summed E-state index contributed by atoms with van der Waals surface area (Å²) >= 11 is 0. The zero-order chi connectivity index (χ0) is 15.7. The Labute approximate surface area is 130 Å². The van der Waals surface area contributed by atoms with Crippen molar-refractivity contribution >= 4 is 22.6 Å². The molecule has 1 aliphatic rings. The highest BCUT2D eigenvalue weighted by Gasteiger charge is 2.22. The summed E-state index contributed by atoms with van der Waals surface area (Å²) in [4.78, 5) is 20.3. The Morgan fingerprint density at radius 1 is 1.32 bits per heavy atom. The summed E-state index contributed by atoms with van der Waals surface area (Å²) in [6, 6.07) is 7.59. The topological polar surface area (TPSA) is 56.7 Å². The highest BCUT2D eigenvalue weighted by Crippen LogP contribution is 2.28. The van der Waals surface area contributed by atoms with Crippen molar-refractivity contribution in [2.24, 2.45) is 0 Å². The molecule has 0 spiro atoms. The smallest absolute Gasteiger partial charge is 0.335 e. The molecule has 1 N–H and O–H groups in total. The van der Waals surface area contributed by atoms with Crippen molar-refractivity contribution in [2.75, 3.05) is 32.1 Å². The van der Waals surface area contributed by atoms with Crippen LogP contribution in [-0.2, 0) is 0 Å². The second kappa shape index (κ2) is 5.93. The summed E-state index contributed by atoms with van der Waals surface area (Å²) in [6.45, 7) is 2.17. The lowest BCUT2D eigenvalue weighted by Crippen LogP contribution is -2.42. The number of aromatic carboxylic acids is 1. The van der Waals surface area contributed by atoms with Gasteiger partial charge in [-0.3, -0.25) is 0 Å². The number of piperidine rings is 1. The lowest BCUT2D eigenvalue weighted by Gasteiger charge is -2.36. The van der Waals surface area contributed by atoms with E-state index >= 15 is 0 Å². The Kier molecular flexibility index (Phi) is 3.98. The predicted octanol–water partition coefficient (Wildman–Crippen LogP) is 2.46. The van der Waals surface area contributed by atoms with Crippen molar-refractivity contribution in [3.8, 4) is 0 Å². The number of hydrogen-bond donors (Lipinski definition) is 1. The standard InChI is InChI=1S/C17H21N3O2/c1-19-9-6-14(7-10-19)20(2)16-15-11-13(17(21)22)4-3-12(15)5-8-18-16/h3-5,8,11,14H,6-7,9-10H2,1-2H3,(H,21,22). The third-order valence-corrected chi connectivity index (χ3v) is 4.56. The fraction of sp³-hybridized carbons (Fsp3) is 0.412. The van der Waals surface area contributed by atoms with Crippen molar-refractivity contribution in [3.63, 3.8) is 0 Å². The minimum Gasteiger partial charge on any atom is -0.478 e. The van der Waals surface area contributed by atoms with E-state index in [0.717, 1.165) is 42.5 Å². The molecule has 22 heavy (non-hydrogen) atoms. The molecule has 1 aromatic heterocycles. The van der Waals surface area contributed by atoms with Crippen LogP contribution in [0, 0.1) is 0 Å². The van der Waals surface area contributed by atoms with Gasteiger partial charge in [-0.2, -0.15) is 0 Å². The van der Waals surface area contributed by atoms with Crippen LogP contribution in [0.15, 0.2) is 30.5 Å². The molecule has 3 rings (SSSR count). The zero-order valence-electron chi connectivity index (χ0n) is 13.0. The van der Waals surface area contributed by atoms with E-state index in [1.165, 1.54) is 0 Å². The van der Waals surface area contributed by atoms with Gasteiger partial charge < -0.3 is 14.9 Å². The molecule has 1 fully saturated rings. The molecule has 0 bridgehead atoms. The molecule has 5 nitrogen and oxygen atoms in total. The van der Waals surface area contributed by atoms with E-state index in [-0.39, 0.29) is 0 Å². The van der Waals surface area contributed by atoms with Crippen molar-refractivity contribution in [1.29, 1.82) is 0 Å². The number of hydrogen-bond acceptors (Lipinski definition) is 4. The third kappa shape index (κ3) is 2.76. The molecule has 1 saturated heterocycles. The van der Waals surface area contributed by atoms with Crippen LogP contribution in [0.2, 0.25) is 0 Å². The number of aromatic nitrogens is 1. The molecule has 0 atom stereocenters. The highest BCUT2D eigenvalue weighted by atomic mass is 16.4. The van der Waals surface area contributed by atoms with E-state index in [1.54, 1.807) is 18.3 Å². The van der Waals surface area contributed by atoms with E-state index in [2.05, 4.69) is 28.9 Å². The summed E-state index contributed by atoms with van der Waals surface area (Å²) < 4.78 is 0. The molecule has 1 aliphatic heterocycles. The zero-order valence-corrected chi connectivity index (χ0v) is 13.0. The van der Waals surface area contributed by atoms with Crippen LogP contribution in [0.1, 0.15) is 23.2 Å². The Balaban J connectivity index is 1.98. The lowest BCUT2D eigenvalue weighted by atomic mass is 10.0. The highest BCUT2D eigenvalue weighted by molar-refractivity contribution is 5.98. The Morgan fingerprint density at radius 3 is 2.73 bits per heavy atom. The fourth-order valence-electron chi connectivity index (χ4n) is 3.12. The fourth-order valence-corrected chi connectivity index (χ4v) is 3.12. The van der Waals surface area contributed by atoms with Crippen LogP contribution in [-0.4, -0.2) is 54.2 Å². The van der Waals surface area contributed by atoms with Crippen LogP contribution in [0.3, 0.4) is 0 Å². The van der Waals surface area contributed by atoms with Gasteiger partial charge in [0.2, 0.25) is 0 Å². The van der Waals surface area contributed by atoms with Crippen LogP contribution >= 0.6 is 0 Å². The largest absolute Gasteiger partial charge is 0.478 e. The van der Waals surface area contributed by atoms with Gasteiger partial charge in [0, 0.05) is 24.7 Å². The number of pyridine rings is 1. The van der Waals surface area contributed by atoms with Gasteiger partial charge in [0.05, 0.1) is 5.56 Å². The normalized spacial score (nSPS) is 16.8. The predicted molar refractivity (Wildman–Crippen MR) is 87.6 cm³/mol. The number of carboxylic acid groups (broad SMARTS) is 1. The van der Waals surface area contributed by atoms with E-state index in [9.17, 15) is 9.90 Å². The first-order valence-electron chi connectivity index (χ1n) is 7.59. The third-order valence-electron chi connectivity index (χ3n) is 4.56. The minimum absolute atomic E-state index is 0.304. The summed E-state index contributed by atoms with van der Waals surface area (Å²) in [5.41, 5.74) is 0.304. The molecule has 1 aromatic carbocycles. The monoisotopic (exact) mass is 299 g/mol. The number of nitrogens with zero attached hydrogens (tertiary/aromatic N) is 3. The summed E-state index contributed by atoms with van der Waals surface area (Å²) in [7, 11) is 4.21. The van der Waals surface area contributed by atoms with E-state index < -0.39 is 5.97 Å². The molecule has 0 radical (unpaired) electrons. The maximum absolute atomic E-state index is 11.2. The first-order chi connectivity index (χ1) is 10.6. The van der Waals surface area contributed by atoms with Gasteiger partial charge in [-0.15, -0.1) is 0 Å². The molecular weight excluding hydrogens is 278 g/mol. The van der Waals surface area contributed by atoms with Crippen LogP contribution < -0.4 is 4.90 Å². The van der Waals surface area contributed by atoms with Gasteiger partial charge >= 0.3 is 5.97 Å². The van der Waals surface area contributed by atoms with Gasteiger partial charge in [0.1, 0.15) is 5.82 Å². The average Bonchev–Trinajstić information content (AvgIpc) is 2.53. The van der Waals surface area contributed by atoms with Gasteiger partial charge in [0.15, 0.2) is 0 Å². The number of benzene rings is 1. The van der Waals surface area contributed by atoms with Gasteiger partial charge in [-0.25, -0.2) is 9.78 Å². The number of carboxylic acids is 1. The van der Waals surface area contributed by atoms with E-state index in [1.807, 2.05) is 12.1 Å². The summed E-state index contributed by atoms with van der Waals surface area (Å²) in [5.74, 6) is -0.0335. The molecule has 0 aliphatic carbocycles. The number of fused-ring (bicyclic) bond motifs is 1. The number of carbonyl (C=O) groups is 1. The first-order valence-corrected chi connectivity index (χ1v) is 7.59. The summed E-state index contributed by atoms with van der Waals surface area (Å²) in [6.07, 6.45) is 4.00. The summed E-state index contributed by atoms with van der Waals surface area (Å²) in [5, 5.41) is 11.1. The van der Waals surface area contributed by atoms with E-state index in [0.29, 0.717) is 11.6 Å². The Hall–Kier alpha value is -2.14. The minimum atomic E-state index is -0.904. The van der Waals surface area contributed by atoms with Crippen molar-refractivity contribution in [3.05, 3.63) is 36.0 Å². The van der Waals surface area contributed by atoms with Crippen molar-refractivity contribution < 1.29 is 9.90 Å². The maximum atomic E-state index is 11.2. The number of likely N-dealkylation sites (tertiary alicyclic amines) is 1. The van der Waals surface area contributed by atoms with Crippen LogP contribution in [0.5, 0.6) is 0 Å². The van der Waals surface area contributed by atoms with Crippen molar-refractivity contribution in [1.82, 2.24) is 9.88 Å². The van der Waals surface area contributed by atoms with E-state index in [4.69, 9.17) is 0 Å². The second-order valence-electron chi connectivity index (χ2n) is 6.02. The van der Waals surface area contributed by atoms with Gasteiger partial charge in [0.25, 0.3) is 0 Å².